The fourth-order valence-electron chi connectivity index (χ4n) is 0.365. The van der Waals surface area contributed by atoms with Crippen LogP contribution in [0.25, 0.3) is 0 Å². The Morgan fingerprint density at radius 3 is 3.11 bits per heavy atom. The molecule has 0 fully saturated rings. The van der Waals surface area contributed by atoms with Crippen molar-refractivity contribution in [3.05, 3.63) is 11.6 Å². The van der Waals surface area contributed by atoms with Gasteiger partial charge in [-0.1, -0.05) is 4.52 Å². The van der Waals surface area contributed by atoms with Crippen LogP contribution in [-0.2, 0) is 0 Å². The molecule has 0 unspecified atom stereocenters. The largest absolute Gasteiger partial charge is 0.464 e. The van der Waals surface area contributed by atoms with Crippen LogP contribution >= 0.6 is 11.9 Å². The van der Waals surface area contributed by atoms with Crippen LogP contribution in [-0.4, -0.2) is 15.7 Å². The van der Waals surface area contributed by atoms with E-state index in [1.165, 1.54) is 16.5 Å². The zero-order valence-corrected chi connectivity index (χ0v) is 5.18. The van der Waals surface area contributed by atoms with E-state index in [1.807, 2.05) is 0 Å². The van der Waals surface area contributed by atoms with Gasteiger partial charge in [-0.3, -0.25) is 5.43 Å². The normalized spacial score (nSPS) is 17.3. The van der Waals surface area contributed by atoms with Gasteiger partial charge in [0.25, 0.3) is 0 Å². The lowest BCUT2D eigenvalue weighted by Gasteiger charge is -2.11. The Labute approximate surface area is 55.8 Å². The van der Waals surface area contributed by atoms with Gasteiger partial charge in [0.15, 0.2) is 0 Å². The third-order valence-corrected chi connectivity index (χ3v) is 1.29. The molecule has 1 aliphatic rings. The Bertz CT molecular complexity index is 140. The topological polar surface area (TPSA) is 64.6 Å². The Kier molecular flexibility index (Phi) is 1.81. The maximum absolute atomic E-state index is 9.92. The maximum Gasteiger partial charge on any atom is 0.421 e. The van der Waals surface area contributed by atoms with Gasteiger partial charge < -0.3 is 5.11 Å². The quantitative estimate of drug-likeness (QED) is 0.459. The summed E-state index contributed by atoms with van der Waals surface area (Å²) in [6.07, 6.45) is 0.541. The summed E-state index contributed by atoms with van der Waals surface area (Å²) in [4.78, 5) is 9.92. The van der Waals surface area contributed by atoms with E-state index >= 15 is 0 Å². The molecular formula is C3H5N3O2S. The van der Waals surface area contributed by atoms with Crippen molar-refractivity contribution in [2.75, 3.05) is 0 Å². The number of nitrogens with zero attached hydrogens (tertiary/aromatic N) is 1. The lowest BCUT2D eigenvalue weighted by Crippen LogP contribution is -2.40. The average molecular weight is 147 g/mol. The van der Waals surface area contributed by atoms with E-state index in [-0.39, 0.29) is 0 Å². The highest BCUT2D eigenvalue weighted by atomic mass is 32.2. The number of hydrogen-bond acceptors (Lipinski definition) is 4. The maximum atomic E-state index is 9.92. The molecule has 5 nitrogen and oxygen atoms in total. The molecule has 0 radical (unpaired) electrons. The third-order valence-electron chi connectivity index (χ3n) is 0.623. The number of nitrogens with one attached hydrogen (secondary N) is 2. The Hall–Kier alpha value is -0.880. The molecule has 0 aliphatic carbocycles. The first-order valence-electron chi connectivity index (χ1n) is 2.17. The summed E-state index contributed by atoms with van der Waals surface area (Å²) < 4.78 is 1.27. The number of carboxylic acid groups (broad SMARTS) is 1. The van der Waals surface area contributed by atoms with Crippen molar-refractivity contribution in [2.24, 2.45) is 0 Å². The summed E-state index contributed by atoms with van der Waals surface area (Å²) in [5.41, 5.74) is 4.69. The summed E-state index contributed by atoms with van der Waals surface area (Å²) >= 11 is 1.22. The van der Waals surface area contributed by atoms with Crippen LogP contribution in [0.3, 0.4) is 0 Å². The van der Waals surface area contributed by atoms with Gasteiger partial charge in [-0.15, -0.1) is 0 Å². The van der Waals surface area contributed by atoms with Crippen LogP contribution < -0.4 is 10.9 Å². The first-order chi connectivity index (χ1) is 4.29. The predicted octanol–water partition coefficient (Wildman–Crippen LogP) is 0.109. The van der Waals surface area contributed by atoms with Gasteiger partial charge in [0.05, 0.1) is 0 Å². The Morgan fingerprint density at radius 1 is 1.89 bits per heavy atom. The van der Waals surface area contributed by atoms with Crippen LogP contribution in [0.4, 0.5) is 4.79 Å². The van der Waals surface area contributed by atoms with Crippen LogP contribution in [0.5, 0.6) is 0 Å². The van der Waals surface area contributed by atoms with Gasteiger partial charge in [-0.25, -0.2) is 10.2 Å². The summed E-state index contributed by atoms with van der Waals surface area (Å²) in [5, 5.41) is 9.86. The minimum absolute atomic E-state index is 1.08. The lowest BCUT2D eigenvalue weighted by molar-refractivity contribution is 0.169. The van der Waals surface area contributed by atoms with Crippen LogP contribution in [0, 0.1) is 0 Å². The van der Waals surface area contributed by atoms with Crippen LogP contribution in [0.1, 0.15) is 0 Å². The second kappa shape index (κ2) is 2.60. The van der Waals surface area contributed by atoms with Crippen molar-refractivity contribution in [3.8, 4) is 0 Å². The average Bonchev–Trinajstić information content (AvgIpc) is 2.15. The molecule has 0 aromatic heterocycles. The molecule has 9 heavy (non-hydrogen) atoms. The van der Waals surface area contributed by atoms with E-state index < -0.39 is 6.09 Å². The highest BCUT2D eigenvalue weighted by Gasteiger charge is 2.07. The van der Waals surface area contributed by atoms with Gasteiger partial charge in [-0.05, 0) is 11.9 Å². The standard InChI is InChI=1S/C3H5N3O2S/c7-3(8)5-6-4-1-2-9-6/h1-2,4-5H,(H,7,8). The molecule has 1 rings (SSSR count). The molecule has 1 heterocycles. The molecule has 0 bridgehead atoms. The molecule has 0 saturated carbocycles. The lowest BCUT2D eigenvalue weighted by atomic mass is 11.1. The number of rotatable bonds is 1. The highest BCUT2D eigenvalue weighted by molar-refractivity contribution is 8.00. The smallest absolute Gasteiger partial charge is 0.421 e. The molecule has 0 saturated heterocycles. The molecular weight excluding hydrogens is 142 g/mol. The Balaban J connectivity index is 2.22. The highest BCUT2D eigenvalue weighted by Crippen LogP contribution is 2.09. The summed E-state index contributed by atoms with van der Waals surface area (Å²) in [5.74, 6) is 0. The van der Waals surface area contributed by atoms with Crippen LogP contribution in [0.15, 0.2) is 11.6 Å². The van der Waals surface area contributed by atoms with Gasteiger partial charge in [0.1, 0.15) is 0 Å². The molecule has 0 aromatic carbocycles. The number of carbonyl (C=O) groups is 1. The summed E-state index contributed by atoms with van der Waals surface area (Å²) in [7, 11) is 0. The van der Waals surface area contributed by atoms with E-state index in [1.54, 1.807) is 11.6 Å². The number of hydrazine groups is 2. The Morgan fingerprint density at radius 2 is 2.67 bits per heavy atom. The zero-order valence-electron chi connectivity index (χ0n) is 4.37. The van der Waals surface area contributed by atoms with Gasteiger partial charge >= 0.3 is 6.09 Å². The minimum atomic E-state index is -1.08. The van der Waals surface area contributed by atoms with E-state index in [0.717, 1.165) is 0 Å². The minimum Gasteiger partial charge on any atom is -0.464 e. The van der Waals surface area contributed by atoms with Gasteiger partial charge in [-0.2, -0.15) is 0 Å². The summed E-state index contributed by atoms with van der Waals surface area (Å²) in [6.45, 7) is 0. The first-order valence-corrected chi connectivity index (χ1v) is 3.00. The molecule has 1 amide bonds. The van der Waals surface area contributed by atoms with Crippen molar-refractivity contribution < 1.29 is 9.90 Å². The SMILES string of the molecule is O=C(O)NN1NC=CS1. The van der Waals surface area contributed by atoms with E-state index in [0.29, 0.717) is 0 Å². The second-order valence-electron chi connectivity index (χ2n) is 1.25. The molecule has 0 aromatic rings. The fourth-order valence-corrected chi connectivity index (χ4v) is 0.861. The zero-order chi connectivity index (χ0) is 6.69. The van der Waals surface area contributed by atoms with Crippen molar-refractivity contribution in [2.45, 2.75) is 0 Å². The molecule has 0 spiro atoms. The molecule has 1 aliphatic heterocycles. The third kappa shape index (κ3) is 1.82. The van der Waals surface area contributed by atoms with Crippen molar-refractivity contribution >= 4 is 18.0 Å². The van der Waals surface area contributed by atoms with Gasteiger partial charge in [0, 0.05) is 11.6 Å². The van der Waals surface area contributed by atoms with Gasteiger partial charge in [0.2, 0.25) is 0 Å². The monoisotopic (exact) mass is 147 g/mol. The fraction of sp³-hybridized carbons (Fsp3) is 0. The molecule has 3 N–H and O–H groups in total. The van der Waals surface area contributed by atoms with Crippen molar-refractivity contribution in [1.82, 2.24) is 15.4 Å². The van der Waals surface area contributed by atoms with E-state index in [2.05, 4.69) is 10.9 Å². The number of hydrogen-bond donors (Lipinski definition) is 3. The summed E-state index contributed by atoms with van der Waals surface area (Å²) in [6, 6.07) is 0. The molecule has 6 heteroatoms. The predicted molar refractivity (Wildman–Crippen MR) is 32.9 cm³/mol. The molecule has 50 valence electrons. The number of amides is 1. The van der Waals surface area contributed by atoms with E-state index in [9.17, 15) is 4.79 Å². The van der Waals surface area contributed by atoms with Crippen LogP contribution in [0.2, 0.25) is 0 Å². The second-order valence-corrected chi connectivity index (χ2v) is 2.10. The van der Waals surface area contributed by atoms with Crippen molar-refractivity contribution in [3.63, 3.8) is 0 Å². The van der Waals surface area contributed by atoms with Crippen molar-refractivity contribution in [1.29, 1.82) is 0 Å². The first kappa shape index (κ1) is 6.24. The molecule has 0 atom stereocenters. The van der Waals surface area contributed by atoms with E-state index in [4.69, 9.17) is 5.11 Å².